The summed E-state index contributed by atoms with van der Waals surface area (Å²) in [6.07, 6.45) is 5.83. The van der Waals surface area contributed by atoms with Gasteiger partial charge in [0.25, 0.3) is 0 Å². The maximum atomic E-state index is 13.4. The van der Waals surface area contributed by atoms with Gasteiger partial charge in [-0.05, 0) is 84.5 Å². The summed E-state index contributed by atoms with van der Waals surface area (Å²) in [6, 6.07) is 15.0. The number of pyridine rings is 2. The lowest BCUT2D eigenvalue weighted by atomic mass is 9.81. The minimum atomic E-state index is -0.465. The lowest BCUT2D eigenvalue weighted by Crippen LogP contribution is -2.29. The van der Waals surface area contributed by atoms with Gasteiger partial charge in [0.05, 0.1) is 34.9 Å². The Labute approximate surface area is 213 Å². The molecule has 0 spiro atoms. The van der Waals surface area contributed by atoms with Gasteiger partial charge in [0, 0.05) is 18.6 Å². The Balaban J connectivity index is 1.78. The van der Waals surface area contributed by atoms with Crippen molar-refractivity contribution in [1.82, 2.24) is 9.97 Å². The van der Waals surface area contributed by atoms with Gasteiger partial charge in [-0.15, -0.1) is 0 Å². The molecule has 1 aromatic carbocycles. The second-order valence-electron chi connectivity index (χ2n) is 10.5. The molecule has 1 unspecified atom stereocenters. The topological polar surface area (TPSA) is 71.2 Å². The number of nitrogens with one attached hydrogen (secondary N) is 1. The number of ether oxygens (including phenoxy) is 1. The zero-order valence-corrected chi connectivity index (χ0v) is 21.6. The minimum Gasteiger partial charge on any atom is -0.487 e. The highest BCUT2D eigenvalue weighted by Gasteiger charge is 2.29. The van der Waals surface area contributed by atoms with Crippen molar-refractivity contribution in [3.63, 3.8) is 0 Å². The fraction of sp³-hybridized carbons (Fsp3) is 0.333. The molecule has 0 aliphatic rings. The van der Waals surface area contributed by atoms with Crippen LogP contribution >= 0.6 is 0 Å². The monoisotopic (exact) mass is 486 g/mol. The van der Waals surface area contributed by atoms with Gasteiger partial charge in [0.2, 0.25) is 0 Å². The van der Waals surface area contributed by atoms with Crippen LogP contribution in [0.5, 0.6) is 5.75 Å². The highest BCUT2D eigenvalue weighted by Crippen LogP contribution is 2.31. The van der Waals surface area contributed by atoms with Crippen LogP contribution < -0.4 is 15.3 Å². The van der Waals surface area contributed by atoms with Gasteiger partial charge in [-0.25, -0.2) is 4.98 Å². The number of nitrogens with zero attached hydrogens (tertiary/aromatic N) is 3. The van der Waals surface area contributed by atoms with Crippen LogP contribution in [0.3, 0.4) is 0 Å². The van der Waals surface area contributed by atoms with Crippen LogP contribution in [0.2, 0.25) is 0 Å². The molecule has 1 atom stereocenters. The SMILES string of the molecule is C=c1ccc(COc2ccc(C(=N)C(C=NC(C)(C)CC(C)(C)CF)c3ccncc3)cc2)nc1=C. The molecule has 1 N–H and O–H groups in total. The van der Waals surface area contributed by atoms with E-state index in [-0.39, 0.29) is 5.92 Å². The molecule has 0 radical (unpaired) electrons. The lowest BCUT2D eigenvalue weighted by molar-refractivity contribution is 0.199. The Bertz CT molecular complexity index is 1300. The predicted octanol–water partition coefficient (Wildman–Crippen LogP) is 5.26. The second kappa shape index (κ2) is 11.4. The van der Waals surface area contributed by atoms with E-state index in [0.717, 1.165) is 22.0 Å². The summed E-state index contributed by atoms with van der Waals surface area (Å²) in [5, 5.41) is 10.4. The van der Waals surface area contributed by atoms with E-state index >= 15 is 0 Å². The summed E-state index contributed by atoms with van der Waals surface area (Å²) < 4.78 is 19.3. The number of aliphatic imine (C=N–C) groups is 1. The Morgan fingerprint density at radius 2 is 1.72 bits per heavy atom. The van der Waals surface area contributed by atoms with Crippen molar-refractivity contribution in [2.45, 2.75) is 52.2 Å². The Morgan fingerprint density at radius 1 is 1.06 bits per heavy atom. The number of hydrogen-bond acceptors (Lipinski definition) is 5. The van der Waals surface area contributed by atoms with Crippen molar-refractivity contribution in [2.24, 2.45) is 10.4 Å². The number of rotatable bonds is 11. The zero-order chi connectivity index (χ0) is 26.3. The summed E-state index contributed by atoms with van der Waals surface area (Å²) in [6.45, 7) is 15.5. The molecular formula is C30H35FN4O. The van der Waals surface area contributed by atoms with Crippen LogP contribution in [-0.4, -0.2) is 34.1 Å². The summed E-state index contributed by atoms with van der Waals surface area (Å²) in [7, 11) is 0. The van der Waals surface area contributed by atoms with Crippen LogP contribution in [0.1, 0.15) is 56.9 Å². The molecule has 2 aromatic heterocycles. The van der Waals surface area contributed by atoms with E-state index in [1.54, 1.807) is 12.4 Å². The van der Waals surface area contributed by atoms with E-state index in [0.29, 0.717) is 29.8 Å². The molecule has 0 saturated carbocycles. The average Bonchev–Trinajstić information content (AvgIpc) is 2.85. The molecule has 3 rings (SSSR count). The third-order valence-corrected chi connectivity index (χ3v) is 5.90. The van der Waals surface area contributed by atoms with E-state index < -0.39 is 17.6 Å². The first-order valence-corrected chi connectivity index (χ1v) is 12.0. The molecule has 36 heavy (non-hydrogen) atoms. The lowest BCUT2D eigenvalue weighted by Gasteiger charge is -2.30. The van der Waals surface area contributed by atoms with Crippen molar-refractivity contribution in [1.29, 1.82) is 5.41 Å². The molecule has 0 amide bonds. The van der Waals surface area contributed by atoms with Crippen molar-refractivity contribution >= 4 is 25.1 Å². The molecule has 0 aliphatic heterocycles. The quantitative estimate of drug-likeness (QED) is 0.376. The van der Waals surface area contributed by atoms with E-state index in [9.17, 15) is 4.39 Å². The normalized spacial score (nSPS) is 13.0. The average molecular weight is 487 g/mol. The molecule has 2 heterocycles. The molecule has 3 aromatic rings. The molecule has 0 aliphatic carbocycles. The van der Waals surface area contributed by atoms with Gasteiger partial charge in [0.1, 0.15) is 12.4 Å². The number of aromatic nitrogens is 2. The van der Waals surface area contributed by atoms with Gasteiger partial charge in [-0.3, -0.25) is 14.4 Å². The standard InChI is InChI=1S/C30H35FN4O/c1-21-7-10-25(35-22(21)2)18-36-26-11-8-24(9-12-26)28(32)27(23-13-15-33-16-14-23)17-34-30(5,6)19-29(3,4)20-31/h7-17,27,32H,1-2,18-20H2,3-6H3. The minimum absolute atomic E-state index is 0.316. The van der Waals surface area contributed by atoms with Crippen molar-refractivity contribution < 1.29 is 9.13 Å². The number of hydrogen-bond donors (Lipinski definition) is 1. The summed E-state index contributed by atoms with van der Waals surface area (Å²) in [5.74, 6) is 0.315. The Hall–Kier alpha value is -3.67. The third-order valence-electron chi connectivity index (χ3n) is 5.90. The number of alkyl halides is 1. The molecule has 0 saturated heterocycles. The van der Waals surface area contributed by atoms with Gasteiger partial charge < -0.3 is 10.1 Å². The smallest absolute Gasteiger partial charge is 0.130 e. The summed E-state index contributed by atoms with van der Waals surface area (Å²) >= 11 is 0. The van der Waals surface area contributed by atoms with Gasteiger partial charge in [0.15, 0.2) is 0 Å². The first kappa shape index (κ1) is 26.9. The highest BCUT2D eigenvalue weighted by molar-refractivity contribution is 6.12. The van der Waals surface area contributed by atoms with Crippen LogP contribution in [0.15, 0.2) is 65.9 Å². The van der Waals surface area contributed by atoms with Gasteiger partial charge in [-0.2, -0.15) is 0 Å². The maximum Gasteiger partial charge on any atom is 0.130 e. The Kier molecular flexibility index (Phi) is 8.51. The third kappa shape index (κ3) is 7.41. The first-order chi connectivity index (χ1) is 17.0. The molecule has 5 nitrogen and oxygen atoms in total. The molecular weight excluding hydrogens is 451 g/mol. The van der Waals surface area contributed by atoms with Crippen LogP contribution in [-0.2, 0) is 6.61 Å². The zero-order valence-electron chi connectivity index (χ0n) is 21.6. The second-order valence-corrected chi connectivity index (χ2v) is 10.5. The van der Waals surface area contributed by atoms with Crippen molar-refractivity contribution in [2.75, 3.05) is 6.67 Å². The highest BCUT2D eigenvalue weighted by atomic mass is 19.1. The summed E-state index contributed by atoms with van der Waals surface area (Å²) in [4.78, 5) is 13.3. The van der Waals surface area contributed by atoms with Crippen LogP contribution in [0.25, 0.3) is 13.2 Å². The fourth-order valence-corrected chi connectivity index (χ4v) is 4.16. The largest absolute Gasteiger partial charge is 0.487 e. The van der Waals surface area contributed by atoms with Gasteiger partial charge >= 0.3 is 0 Å². The molecule has 0 fully saturated rings. The van der Waals surface area contributed by atoms with Crippen LogP contribution in [0, 0.1) is 10.8 Å². The number of halogens is 1. The molecule has 188 valence electrons. The van der Waals surface area contributed by atoms with Crippen LogP contribution in [0.4, 0.5) is 4.39 Å². The summed E-state index contributed by atoms with van der Waals surface area (Å²) in [5.41, 5.74) is 1.94. The van der Waals surface area contributed by atoms with E-state index in [4.69, 9.17) is 15.1 Å². The first-order valence-electron chi connectivity index (χ1n) is 12.0. The maximum absolute atomic E-state index is 13.4. The predicted molar refractivity (Wildman–Crippen MR) is 146 cm³/mol. The van der Waals surface area contributed by atoms with Crippen molar-refractivity contribution in [3.8, 4) is 5.75 Å². The number of benzene rings is 1. The Morgan fingerprint density at radius 3 is 2.33 bits per heavy atom. The van der Waals surface area contributed by atoms with Crippen molar-refractivity contribution in [3.05, 3.63) is 88.3 Å². The van der Waals surface area contributed by atoms with E-state index in [1.807, 2.05) is 82.4 Å². The van der Waals surface area contributed by atoms with E-state index in [1.165, 1.54) is 0 Å². The van der Waals surface area contributed by atoms with E-state index in [2.05, 4.69) is 23.1 Å². The van der Waals surface area contributed by atoms with Gasteiger partial charge in [-0.1, -0.05) is 33.1 Å². The molecule has 0 bridgehead atoms. The fourth-order valence-electron chi connectivity index (χ4n) is 4.16. The molecule has 6 heteroatoms.